The Bertz CT molecular complexity index is 419. The highest BCUT2D eigenvalue weighted by atomic mass is 35.5. The van der Waals surface area contributed by atoms with Crippen molar-refractivity contribution in [2.24, 2.45) is 0 Å². The fraction of sp³-hybridized carbons (Fsp3) is 0.615. The van der Waals surface area contributed by atoms with Crippen molar-refractivity contribution in [3.63, 3.8) is 0 Å². The number of hydrogen-bond donors (Lipinski definition) is 0. The lowest BCUT2D eigenvalue weighted by Crippen LogP contribution is -2.18. The number of rotatable bonds is 0. The molecule has 0 aliphatic heterocycles. The second kappa shape index (κ2) is 2.98. The molecule has 0 atom stereocenters. The van der Waals surface area contributed by atoms with Crippen LogP contribution in [0.3, 0.4) is 0 Å². The van der Waals surface area contributed by atoms with Gasteiger partial charge in [0.25, 0.3) is 0 Å². The molecule has 2 rings (SSSR count). The van der Waals surface area contributed by atoms with Crippen LogP contribution in [0.1, 0.15) is 50.9 Å². The van der Waals surface area contributed by atoms with E-state index in [4.69, 9.17) is 11.6 Å². The fourth-order valence-corrected chi connectivity index (χ4v) is 3.39. The van der Waals surface area contributed by atoms with Crippen molar-refractivity contribution < 1.29 is 0 Å². The van der Waals surface area contributed by atoms with E-state index in [1.54, 1.807) is 0 Å². The molecule has 1 aromatic rings. The number of aromatic nitrogens is 1. The van der Waals surface area contributed by atoms with Gasteiger partial charge in [0.1, 0.15) is 0 Å². The molecule has 2 heteroatoms. The zero-order chi connectivity index (χ0) is 11.4. The summed E-state index contributed by atoms with van der Waals surface area (Å²) in [5, 5.41) is 0.913. The van der Waals surface area contributed by atoms with E-state index in [1.165, 1.54) is 11.3 Å². The zero-order valence-corrected chi connectivity index (χ0v) is 10.9. The number of halogens is 1. The molecule has 0 saturated carbocycles. The van der Waals surface area contributed by atoms with Gasteiger partial charge in [0.2, 0.25) is 0 Å². The lowest BCUT2D eigenvalue weighted by Gasteiger charge is -2.22. The average Bonchev–Trinajstić information content (AvgIpc) is 2.24. The quantitative estimate of drug-likeness (QED) is 0.648. The number of fused-ring (bicyclic) bond motifs is 1. The predicted octanol–water partition coefficient (Wildman–Crippen LogP) is 4.00. The number of nitrogens with zero attached hydrogens (tertiary/aromatic N) is 1. The van der Waals surface area contributed by atoms with Crippen molar-refractivity contribution in [2.75, 3.05) is 0 Å². The van der Waals surface area contributed by atoms with Crippen LogP contribution in [0.5, 0.6) is 0 Å². The summed E-state index contributed by atoms with van der Waals surface area (Å²) in [5.74, 6) is 0. The van der Waals surface area contributed by atoms with Crippen molar-refractivity contribution in [3.8, 4) is 0 Å². The summed E-state index contributed by atoms with van der Waals surface area (Å²) in [5.41, 5.74) is 3.82. The van der Waals surface area contributed by atoms with Gasteiger partial charge < -0.3 is 0 Å². The number of hydrogen-bond acceptors (Lipinski definition) is 1. The second-order valence-electron chi connectivity index (χ2n) is 5.92. The van der Waals surface area contributed by atoms with E-state index in [9.17, 15) is 0 Å². The maximum atomic E-state index is 6.41. The third-order valence-corrected chi connectivity index (χ3v) is 3.88. The van der Waals surface area contributed by atoms with Crippen LogP contribution in [0.2, 0.25) is 5.02 Å². The monoisotopic (exact) mass is 223 g/mol. The smallest absolute Gasteiger partial charge is 0.0512 e. The largest absolute Gasteiger partial charge is 0.260 e. The van der Waals surface area contributed by atoms with Gasteiger partial charge in [-0.2, -0.15) is 0 Å². The first-order valence-corrected chi connectivity index (χ1v) is 5.79. The molecule has 1 aliphatic rings. The predicted molar refractivity (Wildman–Crippen MR) is 64.7 cm³/mol. The van der Waals surface area contributed by atoms with E-state index in [-0.39, 0.29) is 10.8 Å². The van der Waals surface area contributed by atoms with Gasteiger partial charge >= 0.3 is 0 Å². The van der Waals surface area contributed by atoms with Gasteiger partial charge in [-0.05, 0) is 29.9 Å². The normalized spacial score (nSPS) is 21.5. The summed E-state index contributed by atoms with van der Waals surface area (Å²) in [4.78, 5) is 4.58. The molecule has 0 radical (unpaired) electrons. The Labute approximate surface area is 96.9 Å². The lowest BCUT2D eigenvalue weighted by atomic mass is 9.82. The molecule has 0 fully saturated rings. The molecule has 1 aliphatic carbocycles. The minimum atomic E-state index is 0.148. The minimum absolute atomic E-state index is 0.148. The molecule has 1 heterocycles. The molecular weight excluding hydrogens is 206 g/mol. The third-order valence-electron chi connectivity index (χ3n) is 3.39. The lowest BCUT2D eigenvalue weighted by molar-refractivity contribution is 0.399. The molecular formula is C13H18ClN. The van der Waals surface area contributed by atoms with Crippen LogP contribution in [-0.2, 0) is 10.8 Å². The summed E-state index contributed by atoms with van der Waals surface area (Å²) < 4.78 is 0. The Hall–Kier alpha value is -0.560. The number of pyridine rings is 1. The third kappa shape index (κ3) is 1.48. The average molecular weight is 224 g/mol. The fourth-order valence-electron chi connectivity index (χ4n) is 2.99. The highest BCUT2D eigenvalue weighted by Crippen LogP contribution is 2.51. The van der Waals surface area contributed by atoms with E-state index in [1.807, 2.05) is 13.1 Å². The molecule has 0 aromatic carbocycles. The van der Waals surface area contributed by atoms with Crippen molar-refractivity contribution >= 4 is 11.6 Å². The highest BCUT2D eigenvalue weighted by Gasteiger charge is 2.44. The molecule has 15 heavy (non-hydrogen) atoms. The number of aryl methyl sites for hydroxylation is 1. The van der Waals surface area contributed by atoms with Crippen LogP contribution in [0.25, 0.3) is 0 Å². The first-order chi connectivity index (χ1) is 6.76. The summed E-state index contributed by atoms with van der Waals surface area (Å²) in [6, 6.07) is 0. The Morgan fingerprint density at radius 2 is 1.80 bits per heavy atom. The molecule has 1 aromatic heterocycles. The molecule has 0 unspecified atom stereocenters. The summed E-state index contributed by atoms with van der Waals surface area (Å²) in [6.07, 6.45) is 3.01. The van der Waals surface area contributed by atoms with E-state index in [0.29, 0.717) is 0 Å². The van der Waals surface area contributed by atoms with Gasteiger partial charge in [0.05, 0.1) is 10.7 Å². The molecule has 0 N–H and O–H groups in total. The Balaban J connectivity index is 2.76. The van der Waals surface area contributed by atoms with Gasteiger partial charge in [-0.25, -0.2) is 0 Å². The standard InChI is InChI=1S/C13H18ClN/c1-8-6-15-11-9(10(8)14)12(2,3)7-13(11,4)5/h6H,7H2,1-5H3. The minimum Gasteiger partial charge on any atom is -0.260 e. The maximum absolute atomic E-state index is 6.41. The van der Waals surface area contributed by atoms with Crippen molar-refractivity contribution in [1.29, 1.82) is 0 Å². The first kappa shape index (κ1) is 10.9. The first-order valence-electron chi connectivity index (χ1n) is 5.42. The molecule has 0 spiro atoms. The van der Waals surface area contributed by atoms with Crippen LogP contribution in [-0.4, -0.2) is 4.98 Å². The second-order valence-corrected chi connectivity index (χ2v) is 6.30. The zero-order valence-electron chi connectivity index (χ0n) is 10.1. The van der Waals surface area contributed by atoms with Crippen molar-refractivity contribution in [3.05, 3.63) is 28.0 Å². The Kier molecular flexibility index (Phi) is 2.17. The van der Waals surface area contributed by atoms with Gasteiger partial charge in [-0.15, -0.1) is 0 Å². The van der Waals surface area contributed by atoms with E-state index in [2.05, 4.69) is 32.7 Å². The van der Waals surface area contributed by atoms with E-state index in [0.717, 1.165) is 17.0 Å². The van der Waals surface area contributed by atoms with Crippen molar-refractivity contribution in [1.82, 2.24) is 4.98 Å². The molecule has 0 amide bonds. The summed E-state index contributed by atoms with van der Waals surface area (Å²) in [6.45, 7) is 11.0. The Morgan fingerprint density at radius 1 is 1.20 bits per heavy atom. The summed E-state index contributed by atoms with van der Waals surface area (Å²) >= 11 is 6.41. The molecule has 82 valence electrons. The van der Waals surface area contributed by atoms with Crippen LogP contribution >= 0.6 is 11.6 Å². The molecule has 0 saturated heterocycles. The van der Waals surface area contributed by atoms with E-state index >= 15 is 0 Å². The van der Waals surface area contributed by atoms with Gasteiger partial charge in [-0.1, -0.05) is 39.3 Å². The van der Waals surface area contributed by atoms with Crippen LogP contribution < -0.4 is 0 Å². The SMILES string of the molecule is Cc1cnc2c(c1Cl)C(C)(C)CC2(C)C. The Morgan fingerprint density at radius 3 is 2.40 bits per heavy atom. The van der Waals surface area contributed by atoms with Gasteiger partial charge in [-0.3, -0.25) is 4.98 Å². The molecule has 0 bridgehead atoms. The summed E-state index contributed by atoms with van der Waals surface area (Å²) in [7, 11) is 0. The van der Waals surface area contributed by atoms with Crippen LogP contribution in [0.4, 0.5) is 0 Å². The van der Waals surface area contributed by atoms with Crippen molar-refractivity contribution in [2.45, 2.75) is 51.9 Å². The molecule has 1 nitrogen and oxygen atoms in total. The van der Waals surface area contributed by atoms with Crippen LogP contribution in [0, 0.1) is 6.92 Å². The van der Waals surface area contributed by atoms with E-state index < -0.39 is 0 Å². The maximum Gasteiger partial charge on any atom is 0.0512 e. The van der Waals surface area contributed by atoms with Gasteiger partial charge in [0.15, 0.2) is 0 Å². The highest BCUT2D eigenvalue weighted by molar-refractivity contribution is 6.32. The van der Waals surface area contributed by atoms with Gasteiger partial charge in [0, 0.05) is 11.6 Å². The topological polar surface area (TPSA) is 12.9 Å². The van der Waals surface area contributed by atoms with Crippen LogP contribution in [0.15, 0.2) is 6.20 Å².